The van der Waals surface area contributed by atoms with Gasteiger partial charge in [0.15, 0.2) is 5.17 Å². The van der Waals surface area contributed by atoms with Gasteiger partial charge in [0, 0.05) is 11.8 Å². The van der Waals surface area contributed by atoms with Gasteiger partial charge in [-0.3, -0.25) is 9.79 Å². The molecular weight excluding hydrogens is 381 g/mol. The molecule has 0 radical (unpaired) electrons. The molecule has 0 spiro atoms. The molecule has 1 amide bonds. The average Bonchev–Trinajstić information content (AvgIpc) is 3.03. The Morgan fingerprint density at radius 2 is 2.04 bits per heavy atom. The standard InChI is InChI=1S/C18H16FN3O3S.C2H6/c1-18(12-7-8-20-14(9-12)15(23)25-2)16(24)22-17(26-18)21-10-11-5-3-4-6-13(11)19;1-2/h3-9H,10H2,1-2H3,(H,21,22,24);1-2H3. The first-order valence-electron chi connectivity index (χ1n) is 8.77. The molecule has 28 heavy (non-hydrogen) atoms. The van der Waals surface area contributed by atoms with Crippen LogP contribution < -0.4 is 5.32 Å². The van der Waals surface area contributed by atoms with Gasteiger partial charge in [-0.15, -0.1) is 0 Å². The minimum absolute atomic E-state index is 0.120. The lowest BCUT2D eigenvalue weighted by atomic mass is 9.99. The highest BCUT2D eigenvalue weighted by Crippen LogP contribution is 2.41. The van der Waals surface area contributed by atoms with Crippen molar-refractivity contribution in [3.63, 3.8) is 0 Å². The third-order valence-electron chi connectivity index (χ3n) is 4.01. The molecule has 1 aliphatic rings. The zero-order valence-electron chi connectivity index (χ0n) is 16.2. The molecule has 148 valence electrons. The third-order valence-corrected chi connectivity index (χ3v) is 5.26. The molecule has 2 heterocycles. The fraction of sp³-hybridized carbons (Fsp3) is 0.300. The van der Waals surface area contributed by atoms with Crippen molar-refractivity contribution in [3.8, 4) is 0 Å². The smallest absolute Gasteiger partial charge is 0.356 e. The quantitative estimate of drug-likeness (QED) is 0.788. The number of pyridine rings is 1. The van der Waals surface area contributed by atoms with Crippen LogP contribution >= 0.6 is 11.8 Å². The van der Waals surface area contributed by atoms with Gasteiger partial charge in [-0.2, -0.15) is 0 Å². The van der Waals surface area contributed by atoms with Crippen LogP contribution in [0.1, 0.15) is 42.4 Å². The molecule has 1 unspecified atom stereocenters. The number of carbonyl (C=O) groups is 2. The van der Waals surface area contributed by atoms with Crippen molar-refractivity contribution < 1.29 is 18.7 Å². The molecule has 0 aliphatic carbocycles. The van der Waals surface area contributed by atoms with Crippen molar-refractivity contribution >= 4 is 28.8 Å². The minimum atomic E-state index is -0.972. The number of hydrogen-bond acceptors (Lipinski definition) is 6. The van der Waals surface area contributed by atoms with E-state index in [0.29, 0.717) is 16.3 Å². The van der Waals surface area contributed by atoms with Crippen molar-refractivity contribution in [3.05, 3.63) is 65.2 Å². The Kier molecular flexibility index (Phi) is 7.28. The normalized spacial score (nSPS) is 19.6. The van der Waals surface area contributed by atoms with E-state index in [4.69, 9.17) is 0 Å². The summed E-state index contributed by atoms with van der Waals surface area (Å²) in [7, 11) is 1.27. The Labute approximate surface area is 167 Å². The molecule has 1 N–H and O–H groups in total. The van der Waals surface area contributed by atoms with Gasteiger partial charge < -0.3 is 10.1 Å². The molecule has 1 saturated heterocycles. The second-order valence-corrected chi connectivity index (χ2v) is 7.13. The van der Waals surface area contributed by atoms with Crippen LogP contribution in [0.3, 0.4) is 0 Å². The summed E-state index contributed by atoms with van der Waals surface area (Å²) in [5.74, 6) is -1.19. The Hall–Kier alpha value is -2.74. The number of methoxy groups -OCH3 is 1. The summed E-state index contributed by atoms with van der Waals surface area (Å²) < 4.78 is 17.4. The van der Waals surface area contributed by atoms with Crippen LogP contribution in [0.2, 0.25) is 0 Å². The number of amides is 1. The van der Waals surface area contributed by atoms with Gasteiger partial charge in [0.1, 0.15) is 16.3 Å². The summed E-state index contributed by atoms with van der Waals surface area (Å²) in [6.07, 6.45) is 1.45. The van der Waals surface area contributed by atoms with Crippen molar-refractivity contribution in [2.45, 2.75) is 32.1 Å². The number of amidine groups is 1. The van der Waals surface area contributed by atoms with E-state index in [0.717, 1.165) is 0 Å². The summed E-state index contributed by atoms with van der Waals surface area (Å²) in [5.41, 5.74) is 1.17. The van der Waals surface area contributed by atoms with E-state index < -0.39 is 10.7 Å². The van der Waals surface area contributed by atoms with Gasteiger partial charge in [0.2, 0.25) is 5.91 Å². The highest BCUT2D eigenvalue weighted by atomic mass is 32.2. The number of aliphatic imine (C=N–C) groups is 1. The van der Waals surface area contributed by atoms with E-state index in [2.05, 4.69) is 20.0 Å². The maximum Gasteiger partial charge on any atom is 0.356 e. The molecule has 0 saturated carbocycles. The first-order valence-corrected chi connectivity index (χ1v) is 9.59. The molecule has 8 heteroatoms. The lowest BCUT2D eigenvalue weighted by Gasteiger charge is -2.19. The largest absolute Gasteiger partial charge is 0.464 e. The first-order chi connectivity index (χ1) is 13.4. The maximum absolute atomic E-state index is 13.7. The number of nitrogens with zero attached hydrogens (tertiary/aromatic N) is 2. The van der Waals surface area contributed by atoms with Crippen LogP contribution in [0.25, 0.3) is 0 Å². The first kappa shape index (κ1) is 21.6. The van der Waals surface area contributed by atoms with Crippen LogP contribution in [-0.4, -0.2) is 29.1 Å². The molecule has 0 bridgehead atoms. The fourth-order valence-electron chi connectivity index (χ4n) is 2.47. The van der Waals surface area contributed by atoms with Crippen LogP contribution in [0, 0.1) is 5.82 Å². The van der Waals surface area contributed by atoms with Crippen LogP contribution in [0.5, 0.6) is 0 Å². The van der Waals surface area contributed by atoms with Gasteiger partial charge in [-0.05, 0) is 30.7 Å². The van der Waals surface area contributed by atoms with E-state index in [1.54, 1.807) is 31.2 Å². The fourth-order valence-corrected chi connectivity index (χ4v) is 3.52. The van der Waals surface area contributed by atoms with Crippen molar-refractivity contribution in [2.75, 3.05) is 7.11 Å². The SMILES string of the molecule is CC.COC(=O)c1cc(C2(C)SC(=NCc3ccccc3F)NC2=O)ccn1. The lowest BCUT2D eigenvalue weighted by Crippen LogP contribution is -2.32. The van der Waals surface area contributed by atoms with Crippen LogP contribution in [0.4, 0.5) is 4.39 Å². The number of aromatic nitrogens is 1. The van der Waals surface area contributed by atoms with Gasteiger partial charge in [-0.1, -0.05) is 43.8 Å². The Morgan fingerprint density at radius 1 is 1.32 bits per heavy atom. The molecule has 1 aromatic heterocycles. The topological polar surface area (TPSA) is 80.6 Å². The average molecular weight is 403 g/mol. The van der Waals surface area contributed by atoms with Gasteiger partial charge in [-0.25, -0.2) is 14.2 Å². The molecule has 3 rings (SSSR count). The Morgan fingerprint density at radius 3 is 2.71 bits per heavy atom. The minimum Gasteiger partial charge on any atom is -0.464 e. The van der Waals surface area contributed by atoms with E-state index in [1.807, 2.05) is 13.8 Å². The molecule has 1 fully saturated rings. The monoisotopic (exact) mass is 403 g/mol. The number of halogens is 1. The van der Waals surface area contributed by atoms with Gasteiger partial charge in [0.25, 0.3) is 0 Å². The summed E-state index contributed by atoms with van der Waals surface area (Å²) >= 11 is 1.21. The van der Waals surface area contributed by atoms with E-state index in [-0.39, 0.29) is 24.0 Å². The molecule has 2 aromatic rings. The molecule has 1 atom stereocenters. The Balaban J connectivity index is 0.00000136. The summed E-state index contributed by atoms with van der Waals surface area (Å²) in [5, 5.41) is 3.11. The lowest BCUT2D eigenvalue weighted by molar-refractivity contribution is -0.121. The van der Waals surface area contributed by atoms with E-state index in [1.165, 1.54) is 37.2 Å². The number of ether oxygens (including phenoxy) is 1. The van der Waals surface area contributed by atoms with E-state index >= 15 is 0 Å². The van der Waals surface area contributed by atoms with Crippen molar-refractivity contribution in [2.24, 2.45) is 4.99 Å². The van der Waals surface area contributed by atoms with Crippen molar-refractivity contribution in [1.29, 1.82) is 0 Å². The number of nitrogens with one attached hydrogen (secondary N) is 1. The number of esters is 1. The van der Waals surface area contributed by atoms with Crippen LogP contribution in [-0.2, 0) is 20.8 Å². The number of thioether (sulfide) groups is 1. The summed E-state index contributed by atoms with van der Waals surface area (Å²) in [6, 6.07) is 9.54. The number of hydrogen-bond donors (Lipinski definition) is 1. The van der Waals surface area contributed by atoms with Gasteiger partial charge >= 0.3 is 5.97 Å². The number of rotatable bonds is 4. The number of benzene rings is 1. The van der Waals surface area contributed by atoms with Crippen LogP contribution in [0.15, 0.2) is 47.6 Å². The van der Waals surface area contributed by atoms with Crippen molar-refractivity contribution in [1.82, 2.24) is 10.3 Å². The predicted molar refractivity (Wildman–Crippen MR) is 108 cm³/mol. The predicted octanol–water partition coefficient (Wildman–Crippen LogP) is 3.67. The third kappa shape index (κ3) is 4.56. The van der Waals surface area contributed by atoms with E-state index in [9.17, 15) is 14.0 Å². The summed E-state index contributed by atoms with van der Waals surface area (Å²) in [6.45, 7) is 5.85. The zero-order valence-corrected chi connectivity index (χ0v) is 17.0. The molecular formula is C20H22FN3O3S. The Bertz CT molecular complexity index is 904. The molecule has 1 aromatic carbocycles. The molecule has 1 aliphatic heterocycles. The highest BCUT2D eigenvalue weighted by molar-refractivity contribution is 8.15. The molecule has 6 nitrogen and oxygen atoms in total. The zero-order chi connectivity index (χ0) is 20.7. The highest BCUT2D eigenvalue weighted by Gasteiger charge is 2.44. The second-order valence-electron chi connectivity index (χ2n) is 5.72. The number of carbonyl (C=O) groups excluding carboxylic acids is 2. The van der Waals surface area contributed by atoms with Gasteiger partial charge in [0.05, 0.1) is 13.7 Å². The maximum atomic E-state index is 13.7. The summed E-state index contributed by atoms with van der Waals surface area (Å²) in [4.78, 5) is 32.4. The second kappa shape index (κ2) is 9.45.